The van der Waals surface area contributed by atoms with Gasteiger partial charge in [-0.15, -0.1) is 11.3 Å². The van der Waals surface area contributed by atoms with Gasteiger partial charge in [0.15, 0.2) is 11.5 Å². The maximum absolute atomic E-state index is 11.8. The predicted octanol–water partition coefficient (Wildman–Crippen LogP) is 5.32. The molecule has 1 aromatic heterocycles. The summed E-state index contributed by atoms with van der Waals surface area (Å²) in [7, 11) is 0. The maximum atomic E-state index is 11.8. The maximum Gasteiger partial charge on any atom is 0.219 e. The van der Waals surface area contributed by atoms with Gasteiger partial charge in [-0.1, -0.05) is 45.4 Å². The molecule has 1 atom stereocenters. The van der Waals surface area contributed by atoms with Gasteiger partial charge in [0.2, 0.25) is 5.91 Å². The van der Waals surface area contributed by atoms with Crippen molar-refractivity contribution >= 4 is 17.2 Å². The Labute approximate surface area is 156 Å². The molecule has 2 heterocycles. The fourth-order valence-electron chi connectivity index (χ4n) is 3.06. The molecule has 0 bridgehead atoms. The highest BCUT2D eigenvalue weighted by atomic mass is 32.1. The van der Waals surface area contributed by atoms with Gasteiger partial charge in [-0.05, 0) is 25.7 Å². The highest BCUT2D eigenvalue weighted by Gasteiger charge is 2.21. The van der Waals surface area contributed by atoms with Crippen molar-refractivity contribution < 1.29 is 14.3 Å². The molecule has 0 aliphatic carbocycles. The van der Waals surface area contributed by atoms with Crippen LogP contribution in [0.25, 0.3) is 0 Å². The normalized spacial score (nSPS) is 16.0. The predicted molar refractivity (Wildman–Crippen MR) is 104 cm³/mol. The Morgan fingerprint density at radius 1 is 1.08 bits per heavy atom. The first-order valence-corrected chi connectivity index (χ1v) is 10.9. The number of carbonyl (C=O) groups is 1. The molecule has 1 amide bonds. The summed E-state index contributed by atoms with van der Waals surface area (Å²) < 4.78 is 11.6. The van der Waals surface area contributed by atoms with Gasteiger partial charge in [0.05, 0.1) is 0 Å². The van der Waals surface area contributed by atoms with E-state index in [0.29, 0.717) is 13.0 Å². The topological polar surface area (TPSA) is 47.6 Å². The van der Waals surface area contributed by atoms with E-state index in [1.807, 2.05) is 10.8 Å². The minimum Gasteiger partial charge on any atom is -0.485 e. The zero-order chi connectivity index (χ0) is 17.7. The quantitative estimate of drug-likeness (QED) is 0.480. The molecule has 1 aliphatic heterocycles. The van der Waals surface area contributed by atoms with Crippen LogP contribution in [0.2, 0.25) is 0 Å². The Bertz CT molecular complexity index is 489. The van der Waals surface area contributed by atoms with Gasteiger partial charge < -0.3 is 14.8 Å². The van der Waals surface area contributed by atoms with Crippen LogP contribution >= 0.6 is 11.3 Å². The number of carbonyl (C=O) groups excluding carboxylic acids is 1. The molecule has 1 unspecified atom stereocenters. The number of hydrogen-bond acceptors (Lipinski definition) is 4. The summed E-state index contributed by atoms with van der Waals surface area (Å²) in [5, 5.41) is 7.00. The number of thiophene rings is 1. The molecule has 0 fully saturated rings. The van der Waals surface area contributed by atoms with E-state index in [9.17, 15) is 4.79 Å². The van der Waals surface area contributed by atoms with Crippen LogP contribution in [-0.2, 0) is 4.79 Å². The van der Waals surface area contributed by atoms with Crippen LogP contribution in [-0.4, -0.2) is 25.2 Å². The van der Waals surface area contributed by atoms with Crippen LogP contribution < -0.4 is 14.8 Å². The number of fused-ring (bicyclic) bond motifs is 1. The van der Waals surface area contributed by atoms with Crippen LogP contribution in [0.1, 0.15) is 77.6 Å². The lowest BCUT2D eigenvalue weighted by atomic mass is 10.1. The van der Waals surface area contributed by atoms with Crippen LogP contribution in [0, 0.1) is 0 Å². The van der Waals surface area contributed by atoms with Gasteiger partial charge >= 0.3 is 0 Å². The zero-order valence-corrected chi connectivity index (χ0v) is 16.4. The van der Waals surface area contributed by atoms with Crippen molar-refractivity contribution in [3.63, 3.8) is 0 Å². The number of rotatable bonds is 13. The SMILES string of the molecule is CCCCCCCCCC(=O)NCCCCC1COc2cscc2O1. The Hall–Kier alpha value is -1.23. The lowest BCUT2D eigenvalue weighted by molar-refractivity contribution is -0.121. The Morgan fingerprint density at radius 2 is 1.84 bits per heavy atom. The van der Waals surface area contributed by atoms with Crippen molar-refractivity contribution in [2.75, 3.05) is 13.2 Å². The minimum atomic E-state index is 0.144. The van der Waals surface area contributed by atoms with E-state index in [4.69, 9.17) is 9.47 Å². The molecule has 0 saturated carbocycles. The van der Waals surface area contributed by atoms with Crippen molar-refractivity contribution in [2.24, 2.45) is 0 Å². The Morgan fingerprint density at radius 3 is 2.68 bits per heavy atom. The molecule has 2 rings (SSSR count). The number of amides is 1. The van der Waals surface area contributed by atoms with Crippen LogP contribution in [0.3, 0.4) is 0 Å². The van der Waals surface area contributed by atoms with Crippen molar-refractivity contribution in [3.8, 4) is 11.5 Å². The van der Waals surface area contributed by atoms with Gasteiger partial charge in [0, 0.05) is 23.7 Å². The van der Waals surface area contributed by atoms with Gasteiger partial charge in [-0.25, -0.2) is 0 Å². The average Bonchev–Trinajstić information content (AvgIpc) is 3.08. The molecule has 0 radical (unpaired) electrons. The van der Waals surface area contributed by atoms with E-state index < -0.39 is 0 Å². The van der Waals surface area contributed by atoms with Gasteiger partial charge in [-0.2, -0.15) is 0 Å². The second-order valence-corrected chi connectivity index (χ2v) is 7.61. The molecule has 1 aliphatic rings. The van der Waals surface area contributed by atoms with Crippen molar-refractivity contribution in [1.82, 2.24) is 5.32 Å². The largest absolute Gasteiger partial charge is 0.485 e. The van der Waals surface area contributed by atoms with Gasteiger partial charge in [0.1, 0.15) is 12.7 Å². The highest BCUT2D eigenvalue weighted by Crippen LogP contribution is 2.35. The van der Waals surface area contributed by atoms with E-state index >= 15 is 0 Å². The molecule has 0 aromatic carbocycles. The third kappa shape index (κ3) is 8.13. The molecular formula is C20H33NO3S. The van der Waals surface area contributed by atoms with E-state index in [2.05, 4.69) is 12.2 Å². The second kappa shape index (κ2) is 12.2. The summed E-state index contributed by atoms with van der Waals surface area (Å²) in [5.74, 6) is 1.96. The summed E-state index contributed by atoms with van der Waals surface area (Å²) in [5.41, 5.74) is 0. The summed E-state index contributed by atoms with van der Waals surface area (Å²) in [6.07, 6.45) is 12.6. The molecule has 0 saturated heterocycles. The molecule has 0 spiro atoms. The molecular weight excluding hydrogens is 334 g/mol. The lowest BCUT2D eigenvalue weighted by Crippen LogP contribution is -2.29. The smallest absolute Gasteiger partial charge is 0.219 e. The molecule has 142 valence electrons. The number of ether oxygens (including phenoxy) is 2. The third-order valence-electron chi connectivity index (χ3n) is 4.59. The molecule has 5 heteroatoms. The minimum absolute atomic E-state index is 0.144. The van der Waals surface area contributed by atoms with Gasteiger partial charge in [0.25, 0.3) is 0 Å². The lowest BCUT2D eigenvalue weighted by Gasteiger charge is -2.24. The van der Waals surface area contributed by atoms with E-state index in [1.165, 1.54) is 38.5 Å². The Balaban J connectivity index is 1.40. The summed E-state index contributed by atoms with van der Waals surface area (Å²) in [4.78, 5) is 11.8. The molecule has 1 aromatic rings. The third-order valence-corrected chi connectivity index (χ3v) is 5.29. The molecule has 1 N–H and O–H groups in total. The second-order valence-electron chi connectivity index (χ2n) is 6.87. The number of unbranched alkanes of at least 4 members (excludes halogenated alkanes) is 7. The Kier molecular flexibility index (Phi) is 9.78. The zero-order valence-electron chi connectivity index (χ0n) is 15.6. The fourth-order valence-corrected chi connectivity index (χ4v) is 3.73. The monoisotopic (exact) mass is 367 g/mol. The van der Waals surface area contributed by atoms with E-state index in [0.717, 1.165) is 43.7 Å². The van der Waals surface area contributed by atoms with Crippen molar-refractivity contribution in [1.29, 1.82) is 0 Å². The number of nitrogens with one attached hydrogen (secondary N) is 1. The van der Waals surface area contributed by atoms with Crippen molar-refractivity contribution in [3.05, 3.63) is 10.8 Å². The molecule has 25 heavy (non-hydrogen) atoms. The summed E-state index contributed by atoms with van der Waals surface area (Å²) >= 11 is 1.61. The average molecular weight is 368 g/mol. The first kappa shape index (κ1) is 20.1. The first-order chi connectivity index (χ1) is 12.3. The van der Waals surface area contributed by atoms with Crippen molar-refractivity contribution in [2.45, 2.75) is 83.7 Å². The fraction of sp³-hybridized carbons (Fsp3) is 0.750. The molecule has 4 nitrogen and oxygen atoms in total. The van der Waals surface area contributed by atoms with Gasteiger partial charge in [-0.3, -0.25) is 4.79 Å². The first-order valence-electron chi connectivity index (χ1n) is 9.92. The summed E-state index contributed by atoms with van der Waals surface area (Å²) in [6.45, 7) is 3.64. The van der Waals surface area contributed by atoms with Crippen LogP contribution in [0.15, 0.2) is 10.8 Å². The highest BCUT2D eigenvalue weighted by molar-refractivity contribution is 7.08. The van der Waals surface area contributed by atoms with Crippen LogP contribution in [0.4, 0.5) is 0 Å². The standard InChI is InChI=1S/C20H33NO3S/c1-2-3-4-5-6-7-8-12-20(22)21-13-10-9-11-17-14-23-18-15-25-16-19(18)24-17/h15-17H,2-14H2,1H3,(H,21,22). The van der Waals surface area contributed by atoms with Crippen LogP contribution in [0.5, 0.6) is 11.5 Å². The number of hydrogen-bond donors (Lipinski definition) is 1. The summed E-state index contributed by atoms with van der Waals surface area (Å²) in [6, 6.07) is 0. The van der Waals surface area contributed by atoms with E-state index in [1.54, 1.807) is 11.3 Å². The van der Waals surface area contributed by atoms with E-state index in [-0.39, 0.29) is 12.0 Å².